The summed E-state index contributed by atoms with van der Waals surface area (Å²) in [6.07, 6.45) is 5.51. The van der Waals surface area contributed by atoms with Gasteiger partial charge in [0.15, 0.2) is 0 Å². The molecule has 1 rings (SSSR count). The van der Waals surface area contributed by atoms with Crippen molar-refractivity contribution in [2.45, 2.75) is 45.6 Å². The van der Waals surface area contributed by atoms with Gasteiger partial charge in [-0.25, -0.2) is 4.79 Å². The van der Waals surface area contributed by atoms with Gasteiger partial charge in [0.2, 0.25) is 0 Å². The van der Waals surface area contributed by atoms with Gasteiger partial charge in [0.1, 0.15) is 6.10 Å². The van der Waals surface area contributed by atoms with Crippen LogP contribution in [0.15, 0.2) is 11.6 Å². The Morgan fingerprint density at radius 2 is 2.00 bits per heavy atom. The number of ether oxygens (including phenoxy) is 1. The second kappa shape index (κ2) is 5.91. The lowest BCUT2D eigenvalue weighted by atomic mass is 9.88. The first-order valence-corrected chi connectivity index (χ1v) is 5.62. The van der Waals surface area contributed by atoms with Crippen LogP contribution in [0.1, 0.15) is 39.5 Å². The van der Waals surface area contributed by atoms with E-state index in [1.165, 1.54) is 0 Å². The van der Waals surface area contributed by atoms with E-state index in [4.69, 9.17) is 9.84 Å². The van der Waals surface area contributed by atoms with E-state index in [1.54, 1.807) is 13.0 Å². The van der Waals surface area contributed by atoms with Gasteiger partial charge in [-0.3, -0.25) is 0 Å². The summed E-state index contributed by atoms with van der Waals surface area (Å²) in [4.78, 5) is 11.5. The molecule has 3 heteroatoms. The third-order valence-corrected chi connectivity index (χ3v) is 3.08. The molecule has 1 fully saturated rings. The van der Waals surface area contributed by atoms with Crippen LogP contribution in [0, 0.1) is 5.92 Å². The quantitative estimate of drug-likeness (QED) is 0.575. The number of hydrogen-bond acceptors (Lipinski definition) is 3. The van der Waals surface area contributed by atoms with Gasteiger partial charge in [-0.2, -0.15) is 0 Å². The van der Waals surface area contributed by atoms with E-state index in [2.05, 4.69) is 0 Å². The molecule has 0 bridgehead atoms. The average molecular weight is 212 g/mol. The van der Waals surface area contributed by atoms with Crippen molar-refractivity contribution in [3.05, 3.63) is 11.6 Å². The molecule has 0 heterocycles. The van der Waals surface area contributed by atoms with Crippen molar-refractivity contribution >= 4 is 5.97 Å². The Morgan fingerprint density at radius 3 is 2.47 bits per heavy atom. The summed E-state index contributed by atoms with van der Waals surface area (Å²) in [6.45, 7) is 3.86. The molecule has 0 aromatic heterocycles. The van der Waals surface area contributed by atoms with E-state index < -0.39 is 0 Å². The first kappa shape index (κ1) is 12.2. The Balaban J connectivity index is 2.33. The Bertz CT molecular complexity index is 237. The Morgan fingerprint density at radius 1 is 1.40 bits per heavy atom. The highest BCUT2D eigenvalue weighted by Gasteiger charge is 2.23. The highest BCUT2D eigenvalue weighted by molar-refractivity contribution is 5.87. The standard InChI is InChI=1S/C12H20O3/c1-3-9(2)12(14)15-11-6-4-10(8-13)5-7-11/h3,10-11,13H,4-8H2,1-2H3. The van der Waals surface area contributed by atoms with Crippen molar-refractivity contribution < 1.29 is 14.6 Å². The zero-order valence-electron chi connectivity index (χ0n) is 9.53. The minimum atomic E-state index is -0.204. The van der Waals surface area contributed by atoms with Gasteiger partial charge in [-0.05, 0) is 45.4 Å². The summed E-state index contributed by atoms with van der Waals surface area (Å²) in [5, 5.41) is 8.97. The lowest BCUT2D eigenvalue weighted by Gasteiger charge is -2.27. The first-order chi connectivity index (χ1) is 7.17. The fourth-order valence-corrected chi connectivity index (χ4v) is 1.79. The van der Waals surface area contributed by atoms with Crippen molar-refractivity contribution in [2.24, 2.45) is 5.92 Å². The molecule has 1 N–H and O–H groups in total. The summed E-state index contributed by atoms with van der Waals surface area (Å²) in [6, 6.07) is 0. The van der Waals surface area contributed by atoms with Crippen LogP contribution < -0.4 is 0 Å². The van der Waals surface area contributed by atoms with Crippen LogP contribution in [-0.2, 0) is 9.53 Å². The van der Waals surface area contributed by atoms with Crippen molar-refractivity contribution in [1.82, 2.24) is 0 Å². The third kappa shape index (κ3) is 3.67. The highest BCUT2D eigenvalue weighted by atomic mass is 16.5. The van der Waals surface area contributed by atoms with Crippen molar-refractivity contribution in [1.29, 1.82) is 0 Å². The molecule has 0 unspecified atom stereocenters. The molecular formula is C12H20O3. The van der Waals surface area contributed by atoms with Gasteiger partial charge in [-0.15, -0.1) is 0 Å². The number of allylic oxidation sites excluding steroid dienone is 1. The highest BCUT2D eigenvalue weighted by Crippen LogP contribution is 2.26. The zero-order valence-corrected chi connectivity index (χ0v) is 9.53. The molecule has 0 radical (unpaired) electrons. The number of aliphatic hydroxyl groups is 1. The second-order valence-corrected chi connectivity index (χ2v) is 4.20. The number of hydrogen-bond donors (Lipinski definition) is 1. The molecule has 1 saturated carbocycles. The topological polar surface area (TPSA) is 46.5 Å². The molecule has 3 nitrogen and oxygen atoms in total. The van der Waals surface area contributed by atoms with E-state index in [0.717, 1.165) is 25.7 Å². The minimum Gasteiger partial charge on any atom is -0.459 e. The molecule has 86 valence electrons. The molecular weight excluding hydrogens is 192 g/mol. The van der Waals surface area contributed by atoms with E-state index in [-0.39, 0.29) is 18.7 Å². The average Bonchev–Trinajstić information content (AvgIpc) is 2.29. The van der Waals surface area contributed by atoms with E-state index >= 15 is 0 Å². The summed E-state index contributed by atoms with van der Waals surface area (Å²) in [7, 11) is 0. The van der Waals surface area contributed by atoms with Crippen molar-refractivity contribution in [3.8, 4) is 0 Å². The summed E-state index contributed by atoms with van der Waals surface area (Å²) < 4.78 is 5.35. The number of aliphatic hydroxyl groups excluding tert-OH is 1. The van der Waals surface area contributed by atoms with Crippen LogP contribution in [0.2, 0.25) is 0 Å². The predicted molar refractivity (Wildman–Crippen MR) is 58.4 cm³/mol. The maximum Gasteiger partial charge on any atom is 0.333 e. The normalized spacial score (nSPS) is 27.5. The molecule has 0 atom stereocenters. The van der Waals surface area contributed by atoms with E-state index in [0.29, 0.717) is 11.5 Å². The largest absolute Gasteiger partial charge is 0.459 e. The van der Waals surface area contributed by atoms with Crippen LogP contribution in [0.5, 0.6) is 0 Å². The monoisotopic (exact) mass is 212 g/mol. The summed E-state index contributed by atoms with van der Waals surface area (Å²) in [5.41, 5.74) is 0.666. The van der Waals surface area contributed by atoms with E-state index in [9.17, 15) is 4.79 Å². The molecule has 0 aromatic carbocycles. The molecule has 1 aliphatic carbocycles. The lowest BCUT2D eigenvalue weighted by Crippen LogP contribution is -2.26. The van der Waals surface area contributed by atoms with Gasteiger partial charge in [0, 0.05) is 12.2 Å². The number of esters is 1. The predicted octanol–water partition coefficient (Wildman–Crippen LogP) is 2.05. The van der Waals surface area contributed by atoms with Crippen LogP contribution >= 0.6 is 0 Å². The van der Waals surface area contributed by atoms with E-state index in [1.807, 2.05) is 6.92 Å². The number of carbonyl (C=O) groups is 1. The van der Waals surface area contributed by atoms with Gasteiger partial charge in [0.05, 0.1) is 0 Å². The van der Waals surface area contributed by atoms with Crippen LogP contribution in [-0.4, -0.2) is 23.8 Å². The number of carbonyl (C=O) groups excluding carboxylic acids is 1. The summed E-state index contributed by atoms with van der Waals surface area (Å²) in [5.74, 6) is 0.202. The SMILES string of the molecule is CC=C(C)C(=O)OC1CCC(CO)CC1. The Kier molecular flexibility index (Phi) is 4.82. The molecule has 0 spiro atoms. The fourth-order valence-electron chi connectivity index (χ4n) is 1.79. The minimum absolute atomic E-state index is 0.0511. The summed E-state index contributed by atoms with van der Waals surface area (Å²) >= 11 is 0. The molecule has 15 heavy (non-hydrogen) atoms. The third-order valence-electron chi connectivity index (χ3n) is 3.08. The second-order valence-electron chi connectivity index (χ2n) is 4.20. The van der Waals surface area contributed by atoms with Crippen LogP contribution in [0.4, 0.5) is 0 Å². The van der Waals surface area contributed by atoms with Gasteiger partial charge < -0.3 is 9.84 Å². The Labute approximate surface area is 91.1 Å². The van der Waals surface area contributed by atoms with Crippen LogP contribution in [0.3, 0.4) is 0 Å². The van der Waals surface area contributed by atoms with Crippen LogP contribution in [0.25, 0.3) is 0 Å². The molecule has 0 saturated heterocycles. The fraction of sp³-hybridized carbons (Fsp3) is 0.750. The lowest BCUT2D eigenvalue weighted by molar-refractivity contribution is -0.146. The molecule has 0 amide bonds. The first-order valence-electron chi connectivity index (χ1n) is 5.62. The van der Waals surface area contributed by atoms with Gasteiger partial charge in [-0.1, -0.05) is 6.08 Å². The zero-order chi connectivity index (χ0) is 11.3. The smallest absolute Gasteiger partial charge is 0.333 e. The van der Waals surface area contributed by atoms with Crippen molar-refractivity contribution in [3.63, 3.8) is 0 Å². The van der Waals surface area contributed by atoms with Gasteiger partial charge >= 0.3 is 5.97 Å². The Hall–Kier alpha value is -0.830. The van der Waals surface area contributed by atoms with Crippen molar-refractivity contribution in [2.75, 3.05) is 6.61 Å². The molecule has 1 aliphatic rings. The maximum atomic E-state index is 11.5. The molecule has 0 aromatic rings. The molecule has 0 aliphatic heterocycles. The number of rotatable bonds is 3. The maximum absolute atomic E-state index is 11.5. The van der Waals surface area contributed by atoms with Gasteiger partial charge in [0.25, 0.3) is 0 Å².